The van der Waals surface area contributed by atoms with Gasteiger partial charge in [0.05, 0.1) is 5.69 Å². The normalized spacial score (nSPS) is 11.4. The third-order valence-corrected chi connectivity index (χ3v) is 4.73. The number of aromatic nitrogens is 1. The summed E-state index contributed by atoms with van der Waals surface area (Å²) in [6, 6.07) is 7.81. The number of hydrogen-bond donors (Lipinski definition) is 0. The summed E-state index contributed by atoms with van der Waals surface area (Å²) >= 11 is 0. The van der Waals surface area contributed by atoms with E-state index in [9.17, 15) is 12.8 Å². The lowest BCUT2D eigenvalue weighted by molar-refractivity contribution is 0.552. The van der Waals surface area contributed by atoms with E-state index in [1.165, 1.54) is 19.3 Å². The van der Waals surface area contributed by atoms with Crippen LogP contribution in [0.5, 0.6) is 0 Å². The van der Waals surface area contributed by atoms with Crippen LogP contribution < -0.4 is 4.31 Å². The Morgan fingerprint density at radius 2 is 1.90 bits per heavy atom. The Balaban J connectivity index is 2.52. The number of nitrogens with zero attached hydrogens (tertiary/aromatic N) is 2. The Kier molecular flexibility index (Phi) is 3.76. The van der Waals surface area contributed by atoms with Crippen LogP contribution in [0.4, 0.5) is 10.1 Å². The van der Waals surface area contributed by atoms with E-state index < -0.39 is 20.9 Å². The number of benzene rings is 1. The second-order valence-electron chi connectivity index (χ2n) is 4.55. The van der Waals surface area contributed by atoms with Crippen molar-refractivity contribution < 1.29 is 12.8 Å². The molecule has 0 amide bonds. The third kappa shape index (κ3) is 2.51. The lowest BCUT2D eigenvalue weighted by Gasteiger charge is -2.21. The van der Waals surface area contributed by atoms with Gasteiger partial charge in [-0.25, -0.2) is 9.37 Å². The Labute approximate surface area is 117 Å². The van der Waals surface area contributed by atoms with Crippen LogP contribution in [-0.4, -0.2) is 20.4 Å². The molecule has 0 saturated heterocycles. The predicted octanol–water partition coefficient (Wildman–Crippen LogP) is 2.66. The molecule has 1 aromatic carbocycles. The average Bonchev–Trinajstić information content (AvgIpc) is 2.38. The van der Waals surface area contributed by atoms with Crippen LogP contribution in [0.15, 0.2) is 41.6 Å². The predicted molar refractivity (Wildman–Crippen MR) is 75.7 cm³/mol. The largest absolute Gasteiger partial charge is 0.284 e. The van der Waals surface area contributed by atoms with Crippen molar-refractivity contribution in [3.63, 3.8) is 0 Å². The summed E-state index contributed by atoms with van der Waals surface area (Å²) in [7, 11) is -2.62. The molecule has 1 heterocycles. The van der Waals surface area contributed by atoms with Crippen LogP contribution in [-0.2, 0) is 10.0 Å². The SMILES string of the molecule is Cc1ccc(N(C)S(=O)(=O)c2ncccc2F)c(C)c1. The number of aryl methyl sites for hydroxylation is 2. The Hall–Kier alpha value is -1.95. The first kappa shape index (κ1) is 14.5. The van der Waals surface area contributed by atoms with Crippen LogP contribution in [0.1, 0.15) is 11.1 Å². The fourth-order valence-electron chi connectivity index (χ4n) is 1.98. The molecule has 0 aliphatic carbocycles. The van der Waals surface area contributed by atoms with Gasteiger partial charge in [-0.05, 0) is 37.6 Å². The zero-order chi connectivity index (χ0) is 14.9. The number of anilines is 1. The van der Waals surface area contributed by atoms with Gasteiger partial charge in [0.25, 0.3) is 10.0 Å². The van der Waals surface area contributed by atoms with Gasteiger partial charge in [0.1, 0.15) is 0 Å². The van der Waals surface area contributed by atoms with Gasteiger partial charge in [0.2, 0.25) is 5.03 Å². The minimum Gasteiger partial charge on any atom is -0.268 e. The number of sulfonamides is 1. The van der Waals surface area contributed by atoms with Gasteiger partial charge in [-0.3, -0.25) is 4.31 Å². The first-order valence-electron chi connectivity index (χ1n) is 6.01. The molecule has 2 rings (SSSR count). The Morgan fingerprint density at radius 3 is 2.50 bits per heavy atom. The van der Waals surface area contributed by atoms with Crippen LogP contribution >= 0.6 is 0 Å². The molecule has 0 spiro atoms. The molecule has 0 saturated carbocycles. The molecule has 0 unspecified atom stereocenters. The van der Waals surface area contributed by atoms with E-state index in [0.717, 1.165) is 21.5 Å². The van der Waals surface area contributed by atoms with E-state index in [-0.39, 0.29) is 0 Å². The Morgan fingerprint density at radius 1 is 1.20 bits per heavy atom. The number of halogens is 1. The lowest BCUT2D eigenvalue weighted by Crippen LogP contribution is -2.28. The highest BCUT2D eigenvalue weighted by molar-refractivity contribution is 7.92. The molecule has 1 aromatic heterocycles. The molecule has 0 N–H and O–H groups in total. The number of pyridine rings is 1. The number of rotatable bonds is 3. The highest BCUT2D eigenvalue weighted by Gasteiger charge is 2.27. The van der Waals surface area contributed by atoms with E-state index in [0.29, 0.717) is 5.69 Å². The van der Waals surface area contributed by atoms with Crippen molar-refractivity contribution in [2.45, 2.75) is 18.9 Å². The fourth-order valence-corrected chi connectivity index (χ4v) is 3.21. The smallest absolute Gasteiger partial charge is 0.268 e. The summed E-state index contributed by atoms with van der Waals surface area (Å²) in [5.41, 5.74) is 2.33. The summed E-state index contributed by atoms with van der Waals surface area (Å²) in [6.07, 6.45) is 1.26. The van der Waals surface area contributed by atoms with Crippen LogP contribution in [0.25, 0.3) is 0 Å². The summed E-state index contributed by atoms with van der Waals surface area (Å²) in [5, 5.41) is -0.567. The van der Waals surface area contributed by atoms with E-state index >= 15 is 0 Å². The fraction of sp³-hybridized carbons (Fsp3) is 0.214. The zero-order valence-corrected chi connectivity index (χ0v) is 12.3. The summed E-state index contributed by atoms with van der Waals surface area (Å²) in [4.78, 5) is 3.64. The quantitative estimate of drug-likeness (QED) is 0.874. The summed E-state index contributed by atoms with van der Waals surface area (Å²) in [5.74, 6) is -0.857. The van der Waals surface area contributed by atoms with Crippen molar-refractivity contribution in [3.8, 4) is 0 Å². The molecule has 2 aromatic rings. The lowest BCUT2D eigenvalue weighted by atomic mass is 10.1. The van der Waals surface area contributed by atoms with E-state index in [1.807, 2.05) is 26.0 Å². The first-order chi connectivity index (χ1) is 9.34. The Bertz CT molecular complexity index is 745. The van der Waals surface area contributed by atoms with Crippen molar-refractivity contribution in [1.82, 2.24) is 4.98 Å². The third-order valence-electron chi connectivity index (χ3n) is 3.02. The standard InChI is InChI=1S/C14H15FN2O2S/c1-10-6-7-13(11(2)9-10)17(3)20(18,19)14-12(15)5-4-8-16-14/h4-9H,1-3H3. The molecule has 0 aliphatic rings. The molecule has 106 valence electrons. The van der Waals surface area contributed by atoms with Crippen LogP contribution in [0.2, 0.25) is 0 Å². The second-order valence-corrected chi connectivity index (χ2v) is 6.44. The van der Waals surface area contributed by atoms with E-state index in [1.54, 1.807) is 6.07 Å². The highest BCUT2D eigenvalue weighted by atomic mass is 32.2. The van der Waals surface area contributed by atoms with Crippen LogP contribution in [0.3, 0.4) is 0 Å². The van der Waals surface area contributed by atoms with Crippen LogP contribution in [0, 0.1) is 19.7 Å². The van der Waals surface area contributed by atoms with E-state index in [2.05, 4.69) is 4.98 Å². The molecule has 0 fully saturated rings. The molecule has 0 aliphatic heterocycles. The second kappa shape index (κ2) is 5.20. The first-order valence-corrected chi connectivity index (χ1v) is 7.45. The van der Waals surface area contributed by atoms with Gasteiger partial charge in [0.15, 0.2) is 5.82 Å². The molecular weight excluding hydrogens is 279 g/mol. The summed E-state index contributed by atoms with van der Waals surface area (Å²) < 4.78 is 39.5. The van der Waals surface area contributed by atoms with Crippen molar-refractivity contribution in [3.05, 3.63) is 53.5 Å². The van der Waals surface area contributed by atoms with Gasteiger partial charge >= 0.3 is 0 Å². The van der Waals surface area contributed by atoms with Gasteiger partial charge in [-0.1, -0.05) is 17.7 Å². The maximum atomic E-state index is 13.7. The van der Waals surface area contributed by atoms with Crippen molar-refractivity contribution in [1.29, 1.82) is 0 Å². The molecule has 0 atom stereocenters. The van der Waals surface area contributed by atoms with Crippen molar-refractivity contribution >= 4 is 15.7 Å². The molecular formula is C14H15FN2O2S. The van der Waals surface area contributed by atoms with Crippen molar-refractivity contribution in [2.75, 3.05) is 11.4 Å². The molecule has 6 heteroatoms. The minimum atomic E-state index is -4.01. The average molecular weight is 294 g/mol. The molecule has 0 radical (unpaired) electrons. The maximum absolute atomic E-state index is 13.7. The molecule has 4 nitrogen and oxygen atoms in total. The number of hydrogen-bond acceptors (Lipinski definition) is 3. The zero-order valence-electron chi connectivity index (χ0n) is 11.5. The van der Waals surface area contributed by atoms with Gasteiger partial charge in [-0.15, -0.1) is 0 Å². The molecule has 20 heavy (non-hydrogen) atoms. The van der Waals surface area contributed by atoms with Gasteiger partial charge < -0.3 is 0 Å². The topological polar surface area (TPSA) is 50.3 Å². The van der Waals surface area contributed by atoms with E-state index in [4.69, 9.17) is 0 Å². The van der Waals surface area contributed by atoms with Gasteiger partial charge in [-0.2, -0.15) is 8.42 Å². The van der Waals surface area contributed by atoms with Gasteiger partial charge in [0, 0.05) is 13.2 Å². The molecule has 0 bridgehead atoms. The minimum absolute atomic E-state index is 0.501. The van der Waals surface area contributed by atoms with Crippen molar-refractivity contribution in [2.24, 2.45) is 0 Å². The maximum Gasteiger partial charge on any atom is 0.284 e. The highest BCUT2D eigenvalue weighted by Crippen LogP contribution is 2.26. The summed E-state index contributed by atoms with van der Waals surface area (Å²) in [6.45, 7) is 3.73. The monoisotopic (exact) mass is 294 g/mol.